The average Bonchev–Trinajstić information content (AvgIpc) is 3.05. The van der Waals surface area contributed by atoms with E-state index in [1.54, 1.807) is 0 Å². The van der Waals surface area contributed by atoms with Gasteiger partial charge in [-0.1, -0.05) is 18.2 Å². The first-order chi connectivity index (χ1) is 7.29. The largest absolute Gasteiger partial charge is 0.306 e. The fourth-order valence-corrected chi connectivity index (χ4v) is 1.62. The fourth-order valence-electron chi connectivity index (χ4n) is 1.62. The monoisotopic (exact) mass is 205 g/mol. The van der Waals surface area contributed by atoms with Crippen molar-refractivity contribution in [2.45, 2.75) is 18.9 Å². The van der Waals surface area contributed by atoms with Gasteiger partial charge in [-0.05, 0) is 43.0 Å². The fraction of sp³-hybridized carbons (Fsp3) is 0.385. The van der Waals surface area contributed by atoms with Crippen molar-refractivity contribution in [1.82, 2.24) is 5.32 Å². The van der Waals surface area contributed by atoms with Crippen LogP contribution in [0.4, 0.5) is 4.39 Å². The standard InChI is InChI=1S/C13H16FN/c1-2-13(15-9-10-3-4-10)11-5-7-12(14)8-6-11/h2,5-8,10,13,15H,1,3-4,9H2/t13-/m0/s1. The molecule has 0 aliphatic heterocycles. The van der Waals surface area contributed by atoms with Gasteiger partial charge in [0.15, 0.2) is 0 Å². The Kier molecular flexibility index (Phi) is 3.17. The van der Waals surface area contributed by atoms with E-state index in [1.807, 2.05) is 18.2 Å². The Hall–Kier alpha value is -1.15. The van der Waals surface area contributed by atoms with Crippen molar-refractivity contribution in [2.24, 2.45) is 5.92 Å². The second-order valence-electron chi connectivity index (χ2n) is 4.12. The summed E-state index contributed by atoms with van der Waals surface area (Å²) in [7, 11) is 0. The van der Waals surface area contributed by atoms with Gasteiger partial charge < -0.3 is 5.32 Å². The Morgan fingerprint density at radius 2 is 2.07 bits per heavy atom. The first kappa shape index (κ1) is 10.4. The molecule has 1 N–H and O–H groups in total. The third-order valence-electron chi connectivity index (χ3n) is 2.79. The number of hydrogen-bond donors (Lipinski definition) is 1. The Labute approximate surface area is 90.0 Å². The van der Waals surface area contributed by atoms with Crippen molar-refractivity contribution in [2.75, 3.05) is 6.54 Å². The summed E-state index contributed by atoms with van der Waals surface area (Å²) in [5, 5.41) is 3.43. The molecule has 0 bridgehead atoms. The van der Waals surface area contributed by atoms with Crippen LogP contribution in [0.3, 0.4) is 0 Å². The topological polar surface area (TPSA) is 12.0 Å². The van der Waals surface area contributed by atoms with Crippen LogP contribution in [0.1, 0.15) is 24.4 Å². The van der Waals surface area contributed by atoms with Crippen molar-refractivity contribution in [1.29, 1.82) is 0 Å². The Morgan fingerprint density at radius 1 is 1.40 bits per heavy atom. The summed E-state index contributed by atoms with van der Waals surface area (Å²) in [6.45, 7) is 4.84. The molecule has 15 heavy (non-hydrogen) atoms. The molecule has 1 atom stereocenters. The second-order valence-corrected chi connectivity index (χ2v) is 4.12. The zero-order chi connectivity index (χ0) is 10.7. The van der Waals surface area contributed by atoms with Crippen LogP contribution in [0.2, 0.25) is 0 Å². The lowest BCUT2D eigenvalue weighted by molar-refractivity contribution is 0.583. The lowest BCUT2D eigenvalue weighted by atomic mass is 10.1. The minimum atomic E-state index is -0.191. The van der Waals surface area contributed by atoms with E-state index in [0.29, 0.717) is 0 Å². The summed E-state index contributed by atoms with van der Waals surface area (Å²) in [4.78, 5) is 0. The van der Waals surface area contributed by atoms with Crippen LogP contribution in [-0.4, -0.2) is 6.54 Å². The van der Waals surface area contributed by atoms with Gasteiger partial charge in [0.1, 0.15) is 5.82 Å². The van der Waals surface area contributed by atoms with E-state index in [1.165, 1.54) is 25.0 Å². The third kappa shape index (κ3) is 2.90. The average molecular weight is 205 g/mol. The van der Waals surface area contributed by atoms with E-state index in [4.69, 9.17) is 0 Å². The van der Waals surface area contributed by atoms with Gasteiger partial charge in [-0.2, -0.15) is 0 Å². The molecule has 1 aliphatic rings. The van der Waals surface area contributed by atoms with E-state index < -0.39 is 0 Å². The second kappa shape index (κ2) is 4.58. The molecule has 0 spiro atoms. The van der Waals surface area contributed by atoms with Gasteiger partial charge in [0.05, 0.1) is 6.04 Å². The molecule has 0 radical (unpaired) electrons. The van der Waals surface area contributed by atoms with Crippen molar-refractivity contribution >= 4 is 0 Å². The predicted octanol–water partition coefficient (Wildman–Crippen LogP) is 3.05. The zero-order valence-corrected chi connectivity index (χ0v) is 8.75. The van der Waals surface area contributed by atoms with Crippen molar-refractivity contribution in [3.63, 3.8) is 0 Å². The van der Waals surface area contributed by atoms with Crippen LogP contribution in [0.25, 0.3) is 0 Å². The van der Waals surface area contributed by atoms with E-state index in [-0.39, 0.29) is 11.9 Å². The molecule has 1 saturated carbocycles. The first-order valence-corrected chi connectivity index (χ1v) is 5.41. The van der Waals surface area contributed by atoms with Crippen LogP contribution < -0.4 is 5.32 Å². The maximum absolute atomic E-state index is 12.7. The van der Waals surface area contributed by atoms with E-state index in [9.17, 15) is 4.39 Å². The highest BCUT2D eigenvalue weighted by Gasteiger charge is 2.21. The van der Waals surface area contributed by atoms with Gasteiger partial charge in [0.2, 0.25) is 0 Å². The Balaban J connectivity index is 1.97. The lowest BCUT2D eigenvalue weighted by Crippen LogP contribution is -2.21. The molecule has 0 unspecified atom stereocenters. The van der Waals surface area contributed by atoms with Gasteiger partial charge in [-0.15, -0.1) is 6.58 Å². The molecule has 0 amide bonds. The predicted molar refractivity (Wildman–Crippen MR) is 60.1 cm³/mol. The molecule has 2 rings (SSSR count). The molecule has 1 aromatic rings. The Bertz CT molecular complexity index is 327. The number of benzene rings is 1. The molecule has 1 fully saturated rings. The minimum Gasteiger partial charge on any atom is -0.306 e. The van der Waals surface area contributed by atoms with Gasteiger partial charge in [0, 0.05) is 0 Å². The molecule has 0 aromatic heterocycles. The molecular weight excluding hydrogens is 189 g/mol. The van der Waals surface area contributed by atoms with Crippen LogP contribution in [0.5, 0.6) is 0 Å². The van der Waals surface area contributed by atoms with Crippen LogP contribution in [0.15, 0.2) is 36.9 Å². The van der Waals surface area contributed by atoms with Crippen molar-refractivity contribution in [3.05, 3.63) is 48.3 Å². The van der Waals surface area contributed by atoms with Gasteiger partial charge in [-0.25, -0.2) is 4.39 Å². The zero-order valence-electron chi connectivity index (χ0n) is 8.75. The van der Waals surface area contributed by atoms with Gasteiger partial charge in [0.25, 0.3) is 0 Å². The molecule has 2 heteroatoms. The van der Waals surface area contributed by atoms with Crippen LogP contribution in [-0.2, 0) is 0 Å². The number of rotatable bonds is 5. The molecule has 1 nitrogen and oxygen atoms in total. The highest BCUT2D eigenvalue weighted by molar-refractivity contribution is 5.23. The van der Waals surface area contributed by atoms with Gasteiger partial charge in [-0.3, -0.25) is 0 Å². The van der Waals surface area contributed by atoms with E-state index in [0.717, 1.165) is 18.0 Å². The number of nitrogens with one attached hydrogen (secondary N) is 1. The summed E-state index contributed by atoms with van der Waals surface area (Å²) >= 11 is 0. The lowest BCUT2D eigenvalue weighted by Gasteiger charge is -2.14. The highest BCUT2D eigenvalue weighted by Crippen LogP contribution is 2.28. The smallest absolute Gasteiger partial charge is 0.123 e. The molecular formula is C13H16FN. The van der Waals surface area contributed by atoms with Crippen molar-refractivity contribution in [3.8, 4) is 0 Å². The highest BCUT2D eigenvalue weighted by atomic mass is 19.1. The number of halogens is 1. The molecule has 0 heterocycles. The molecule has 1 aliphatic carbocycles. The first-order valence-electron chi connectivity index (χ1n) is 5.41. The SMILES string of the molecule is C=C[C@H](NCC1CC1)c1ccc(F)cc1. The van der Waals surface area contributed by atoms with Gasteiger partial charge >= 0.3 is 0 Å². The third-order valence-corrected chi connectivity index (χ3v) is 2.79. The Morgan fingerprint density at radius 3 is 2.60 bits per heavy atom. The molecule has 80 valence electrons. The summed E-state index contributed by atoms with van der Waals surface area (Å²) in [5.74, 6) is 0.650. The molecule has 0 saturated heterocycles. The maximum atomic E-state index is 12.7. The summed E-state index contributed by atoms with van der Waals surface area (Å²) in [5.41, 5.74) is 1.08. The van der Waals surface area contributed by atoms with E-state index >= 15 is 0 Å². The van der Waals surface area contributed by atoms with Crippen LogP contribution in [0, 0.1) is 11.7 Å². The van der Waals surface area contributed by atoms with E-state index in [2.05, 4.69) is 11.9 Å². The van der Waals surface area contributed by atoms with Crippen LogP contribution >= 0.6 is 0 Å². The summed E-state index contributed by atoms with van der Waals surface area (Å²) in [6.07, 6.45) is 4.54. The number of hydrogen-bond acceptors (Lipinski definition) is 1. The quantitative estimate of drug-likeness (QED) is 0.728. The maximum Gasteiger partial charge on any atom is 0.123 e. The minimum absolute atomic E-state index is 0.145. The summed E-state index contributed by atoms with van der Waals surface area (Å²) in [6, 6.07) is 6.74. The summed E-state index contributed by atoms with van der Waals surface area (Å²) < 4.78 is 12.7. The van der Waals surface area contributed by atoms with Crippen molar-refractivity contribution < 1.29 is 4.39 Å². The normalized spacial score (nSPS) is 17.4. The molecule has 1 aromatic carbocycles.